The van der Waals surface area contributed by atoms with Crippen molar-refractivity contribution in [2.45, 2.75) is 13.8 Å². The summed E-state index contributed by atoms with van der Waals surface area (Å²) in [6.07, 6.45) is 0. The van der Waals surface area contributed by atoms with Crippen LogP contribution in [0.15, 0.2) is 53.5 Å². The molecular formula is C15H16N2. The molecule has 0 unspecified atom stereocenters. The van der Waals surface area contributed by atoms with E-state index in [9.17, 15) is 0 Å². The summed E-state index contributed by atoms with van der Waals surface area (Å²) in [6, 6.07) is 15.9. The Morgan fingerprint density at radius 2 is 1.65 bits per heavy atom. The molecule has 0 aliphatic carbocycles. The van der Waals surface area contributed by atoms with Crippen LogP contribution in [-0.4, -0.2) is 5.71 Å². The van der Waals surface area contributed by atoms with Gasteiger partial charge in [0.2, 0.25) is 0 Å². The summed E-state index contributed by atoms with van der Waals surface area (Å²) in [5, 5.41) is 0. The monoisotopic (exact) mass is 224 g/mol. The minimum atomic E-state index is 0.775. The Kier molecular flexibility index (Phi) is 3.24. The van der Waals surface area contributed by atoms with Crippen molar-refractivity contribution in [1.29, 1.82) is 0 Å². The van der Waals surface area contributed by atoms with Crippen molar-refractivity contribution < 1.29 is 0 Å². The number of hydrogen-bond acceptors (Lipinski definition) is 2. The van der Waals surface area contributed by atoms with Gasteiger partial charge in [0.15, 0.2) is 0 Å². The number of benzene rings is 2. The molecule has 0 aromatic heterocycles. The molecule has 0 saturated heterocycles. The predicted molar refractivity (Wildman–Crippen MR) is 73.9 cm³/mol. The zero-order chi connectivity index (χ0) is 12.3. The van der Waals surface area contributed by atoms with Gasteiger partial charge in [-0.2, -0.15) is 0 Å². The fourth-order valence-electron chi connectivity index (χ4n) is 1.66. The van der Waals surface area contributed by atoms with E-state index in [0.29, 0.717) is 0 Å². The van der Waals surface area contributed by atoms with Crippen LogP contribution < -0.4 is 5.73 Å². The molecule has 0 spiro atoms. The molecule has 0 atom stereocenters. The molecule has 2 nitrogen and oxygen atoms in total. The summed E-state index contributed by atoms with van der Waals surface area (Å²) in [4.78, 5) is 4.63. The zero-order valence-corrected chi connectivity index (χ0v) is 10.1. The van der Waals surface area contributed by atoms with Crippen molar-refractivity contribution >= 4 is 17.1 Å². The van der Waals surface area contributed by atoms with Gasteiger partial charge >= 0.3 is 0 Å². The minimum absolute atomic E-state index is 0.775. The van der Waals surface area contributed by atoms with Crippen molar-refractivity contribution in [3.05, 3.63) is 59.7 Å². The first-order chi connectivity index (χ1) is 8.16. The number of hydrogen-bond donors (Lipinski definition) is 1. The van der Waals surface area contributed by atoms with Crippen LogP contribution in [-0.2, 0) is 0 Å². The molecule has 0 heterocycles. The van der Waals surface area contributed by atoms with E-state index in [2.05, 4.69) is 18.0 Å². The Labute approximate surface area is 102 Å². The lowest BCUT2D eigenvalue weighted by molar-refractivity contribution is 1.38. The van der Waals surface area contributed by atoms with Crippen LogP contribution in [0.4, 0.5) is 11.4 Å². The molecule has 17 heavy (non-hydrogen) atoms. The number of rotatable bonds is 2. The Morgan fingerprint density at radius 1 is 1.00 bits per heavy atom. The van der Waals surface area contributed by atoms with E-state index in [-0.39, 0.29) is 0 Å². The highest BCUT2D eigenvalue weighted by molar-refractivity contribution is 6.00. The maximum absolute atomic E-state index is 5.66. The first-order valence-electron chi connectivity index (χ1n) is 5.63. The fourth-order valence-corrected chi connectivity index (χ4v) is 1.66. The van der Waals surface area contributed by atoms with Crippen molar-refractivity contribution in [1.82, 2.24) is 0 Å². The number of anilines is 1. The molecule has 0 bridgehead atoms. The van der Waals surface area contributed by atoms with Gasteiger partial charge in [-0.25, -0.2) is 0 Å². The second-order valence-corrected chi connectivity index (χ2v) is 4.11. The average Bonchev–Trinajstić information content (AvgIpc) is 2.33. The van der Waals surface area contributed by atoms with E-state index in [1.807, 2.05) is 49.4 Å². The van der Waals surface area contributed by atoms with E-state index in [4.69, 9.17) is 5.73 Å². The van der Waals surface area contributed by atoms with Crippen molar-refractivity contribution in [3.63, 3.8) is 0 Å². The van der Waals surface area contributed by atoms with Gasteiger partial charge in [-0.05, 0) is 43.2 Å². The lowest BCUT2D eigenvalue weighted by Gasteiger charge is -2.04. The topological polar surface area (TPSA) is 38.4 Å². The summed E-state index contributed by atoms with van der Waals surface area (Å²) < 4.78 is 0. The predicted octanol–water partition coefficient (Wildman–Crippen LogP) is 3.72. The molecule has 2 heteroatoms. The maximum Gasteiger partial charge on any atom is 0.0662 e. The van der Waals surface area contributed by atoms with Crippen LogP contribution in [0.1, 0.15) is 18.1 Å². The molecule has 0 aliphatic heterocycles. The van der Waals surface area contributed by atoms with E-state index in [1.165, 1.54) is 5.56 Å². The fraction of sp³-hybridized carbons (Fsp3) is 0.133. The number of aliphatic imine (C=N–C) groups is 1. The summed E-state index contributed by atoms with van der Waals surface area (Å²) in [5.74, 6) is 0. The third-order valence-electron chi connectivity index (χ3n) is 2.73. The summed E-state index contributed by atoms with van der Waals surface area (Å²) in [6.45, 7) is 4.08. The number of aryl methyl sites for hydroxylation is 1. The number of nitrogens with zero attached hydrogens (tertiary/aromatic N) is 1. The minimum Gasteiger partial charge on any atom is -0.399 e. The Bertz CT molecular complexity index is 539. The second kappa shape index (κ2) is 4.83. The molecule has 2 aromatic carbocycles. The summed E-state index contributed by atoms with van der Waals surface area (Å²) in [5.41, 5.74) is 10.7. The standard InChI is InChI=1S/C15H16N2/c1-11-5-3-4-6-15(11)17-12(2)13-7-9-14(16)10-8-13/h3-10H,16H2,1-2H3/b17-12+. The van der Waals surface area contributed by atoms with Crippen LogP contribution in [0.2, 0.25) is 0 Å². The van der Waals surface area contributed by atoms with Crippen LogP contribution in [0.3, 0.4) is 0 Å². The molecule has 86 valence electrons. The second-order valence-electron chi connectivity index (χ2n) is 4.11. The number of para-hydroxylation sites is 1. The first kappa shape index (κ1) is 11.4. The lowest BCUT2D eigenvalue weighted by Crippen LogP contribution is -1.95. The van der Waals surface area contributed by atoms with E-state index in [1.54, 1.807) is 0 Å². The normalized spacial score (nSPS) is 11.5. The van der Waals surface area contributed by atoms with Crippen molar-refractivity contribution in [3.8, 4) is 0 Å². The van der Waals surface area contributed by atoms with Gasteiger partial charge in [0.05, 0.1) is 5.69 Å². The third-order valence-corrected chi connectivity index (χ3v) is 2.73. The molecule has 2 N–H and O–H groups in total. The Morgan fingerprint density at radius 3 is 2.29 bits per heavy atom. The average molecular weight is 224 g/mol. The third kappa shape index (κ3) is 2.72. The maximum atomic E-state index is 5.66. The van der Waals surface area contributed by atoms with Crippen LogP contribution in [0.25, 0.3) is 0 Å². The SMILES string of the molecule is C/C(=N\c1ccccc1C)c1ccc(N)cc1. The van der Waals surface area contributed by atoms with Gasteiger partial charge < -0.3 is 5.73 Å². The molecule has 2 aromatic rings. The Balaban J connectivity index is 2.34. The number of nitrogen functional groups attached to an aromatic ring is 1. The van der Waals surface area contributed by atoms with Crippen molar-refractivity contribution in [2.75, 3.05) is 5.73 Å². The van der Waals surface area contributed by atoms with E-state index < -0.39 is 0 Å². The van der Waals surface area contributed by atoms with E-state index in [0.717, 1.165) is 22.6 Å². The quantitative estimate of drug-likeness (QED) is 0.612. The highest BCUT2D eigenvalue weighted by Gasteiger charge is 1.99. The zero-order valence-electron chi connectivity index (χ0n) is 10.1. The lowest BCUT2D eigenvalue weighted by atomic mass is 10.1. The molecular weight excluding hydrogens is 208 g/mol. The van der Waals surface area contributed by atoms with Crippen LogP contribution in [0.5, 0.6) is 0 Å². The smallest absolute Gasteiger partial charge is 0.0662 e. The van der Waals surface area contributed by atoms with Gasteiger partial charge in [-0.1, -0.05) is 30.3 Å². The molecule has 0 radical (unpaired) electrons. The molecule has 0 fully saturated rings. The van der Waals surface area contributed by atoms with Gasteiger partial charge in [0, 0.05) is 11.4 Å². The molecule has 2 rings (SSSR count). The first-order valence-corrected chi connectivity index (χ1v) is 5.63. The summed E-state index contributed by atoms with van der Waals surface area (Å²) in [7, 11) is 0. The van der Waals surface area contributed by atoms with Crippen molar-refractivity contribution in [2.24, 2.45) is 4.99 Å². The molecule has 0 aliphatic rings. The highest BCUT2D eigenvalue weighted by atomic mass is 14.7. The highest BCUT2D eigenvalue weighted by Crippen LogP contribution is 2.19. The largest absolute Gasteiger partial charge is 0.399 e. The van der Waals surface area contributed by atoms with Gasteiger partial charge in [-0.15, -0.1) is 0 Å². The molecule has 0 amide bonds. The van der Waals surface area contributed by atoms with Gasteiger partial charge in [0.1, 0.15) is 0 Å². The number of nitrogens with two attached hydrogens (primary N) is 1. The van der Waals surface area contributed by atoms with Crippen LogP contribution >= 0.6 is 0 Å². The van der Waals surface area contributed by atoms with Gasteiger partial charge in [-0.3, -0.25) is 4.99 Å². The Hall–Kier alpha value is -2.09. The van der Waals surface area contributed by atoms with E-state index >= 15 is 0 Å². The van der Waals surface area contributed by atoms with Crippen LogP contribution in [0, 0.1) is 6.92 Å². The van der Waals surface area contributed by atoms with Gasteiger partial charge in [0.25, 0.3) is 0 Å². The summed E-state index contributed by atoms with van der Waals surface area (Å²) >= 11 is 0. The molecule has 0 saturated carbocycles.